The molecule has 0 aromatic rings. The number of nitrogens with zero attached hydrogens (tertiary/aromatic N) is 1. The molecule has 0 aliphatic carbocycles. The molecule has 3 amide bonds. The molecule has 6 heteroatoms. The lowest BCUT2D eigenvalue weighted by molar-refractivity contribution is -0.120. The largest absolute Gasteiger partial charge is 0.396 e. The van der Waals surface area contributed by atoms with Gasteiger partial charge in [0.25, 0.3) is 0 Å². The summed E-state index contributed by atoms with van der Waals surface area (Å²) in [6, 6.07) is -0.483. The third kappa shape index (κ3) is 7.19. The lowest BCUT2D eigenvalue weighted by Gasteiger charge is -2.19. The fraction of sp³-hybridized carbons (Fsp3) is 0.800. The molecule has 94 valence electrons. The van der Waals surface area contributed by atoms with E-state index in [2.05, 4.69) is 15.5 Å². The first-order valence-corrected chi connectivity index (χ1v) is 5.48. The molecule has 0 saturated carbocycles. The van der Waals surface area contributed by atoms with Crippen molar-refractivity contribution in [3.63, 3.8) is 0 Å². The van der Waals surface area contributed by atoms with Crippen molar-refractivity contribution in [1.29, 1.82) is 0 Å². The van der Waals surface area contributed by atoms with E-state index in [0.717, 1.165) is 13.1 Å². The number of carbonyl (C=O) groups is 2. The molecule has 0 radical (unpaired) electrons. The average Bonchev–Trinajstić information content (AvgIpc) is 2.29. The highest BCUT2D eigenvalue weighted by molar-refractivity contribution is 5.94. The molecular weight excluding hydrogens is 210 g/mol. The molecule has 0 aromatic carbocycles. The zero-order valence-electron chi connectivity index (χ0n) is 9.95. The van der Waals surface area contributed by atoms with Gasteiger partial charge in [-0.25, -0.2) is 4.79 Å². The first kappa shape index (κ1) is 14.9. The van der Waals surface area contributed by atoms with E-state index in [0.29, 0.717) is 13.0 Å². The number of amides is 3. The van der Waals surface area contributed by atoms with Crippen LogP contribution >= 0.6 is 0 Å². The molecule has 0 aromatic heterocycles. The Morgan fingerprint density at radius 3 is 2.50 bits per heavy atom. The summed E-state index contributed by atoms with van der Waals surface area (Å²) in [5.41, 5.74) is 0. The molecule has 0 spiro atoms. The summed E-state index contributed by atoms with van der Waals surface area (Å²) in [7, 11) is 1.46. The van der Waals surface area contributed by atoms with E-state index >= 15 is 0 Å². The molecule has 0 aliphatic heterocycles. The Bertz CT molecular complexity index is 221. The number of hydrogen-bond donors (Lipinski definition) is 3. The monoisotopic (exact) mass is 231 g/mol. The third-order valence-electron chi connectivity index (χ3n) is 2.21. The Labute approximate surface area is 96.0 Å². The summed E-state index contributed by atoms with van der Waals surface area (Å²) >= 11 is 0. The molecule has 0 unspecified atom stereocenters. The Morgan fingerprint density at radius 2 is 2.00 bits per heavy atom. The van der Waals surface area contributed by atoms with E-state index in [9.17, 15) is 9.59 Å². The number of rotatable bonds is 7. The van der Waals surface area contributed by atoms with Gasteiger partial charge in [-0.3, -0.25) is 10.1 Å². The van der Waals surface area contributed by atoms with Crippen molar-refractivity contribution in [2.75, 3.05) is 33.3 Å². The second kappa shape index (κ2) is 9.11. The van der Waals surface area contributed by atoms with Crippen molar-refractivity contribution in [1.82, 2.24) is 15.5 Å². The average molecular weight is 231 g/mol. The molecule has 0 saturated heterocycles. The topological polar surface area (TPSA) is 81.7 Å². The Hall–Kier alpha value is -1.14. The smallest absolute Gasteiger partial charge is 0.321 e. The van der Waals surface area contributed by atoms with Gasteiger partial charge in [-0.2, -0.15) is 0 Å². The second-order valence-corrected chi connectivity index (χ2v) is 3.39. The third-order valence-corrected chi connectivity index (χ3v) is 2.21. The van der Waals surface area contributed by atoms with Gasteiger partial charge in [0.2, 0.25) is 5.91 Å². The first-order chi connectivity index (χ1) is 7.63. The van der Waals surface area contributed by atoms with Crippen molar-refractivity contribution in [2.45, 2.75) is 19.8 Å². The van der Waals surface area contributed by atoms with Gasteiger partial charge < -0.3 is 15.3 Å². The molecule has 0 atom stereocenters. The van der Waals surface area contributed by atoms with Gasteiger partial charge in [0, 0.05) is 33.2 Å². The first-order valence-electron chi connectivity index (χ1n) is 5.48. The molecule has 3 N–H and O–H groups in total. The molecular formula is C10H21N3O3. The maximum absolute atomic E-state index is 11.3. The quantitative estimate of drug-likeness (QED) is 0.553. The van der Waals surface area contributed by atoms with Crippen LogP contribution in [-0.2, 0) is 4.79 Å². The number of aliphatic hydroxyl groups excluding tert-OH is 1. The van der Waals surface area contributed by atoms with Crippen molar-refractivity contribution in [2.24, 2.45) is 0 Å². The minimum atomic E-state index is -0.483. The molecule has 0 rings (SSSR count). The van der Waals surface area contributed by atoms with Crippen molar-refractivity contribution < 1.29 is 14.7 Å². The minimum Gasteiger partial charge on any atom is -0.396 e. The van der Waals surface area contributed by atoms with Gasteiger partial charge >= 0.3 is 6.03 Å². The molecule has 0 aliphatic rings. The van der Waals surface area contributed by atoms with Gasteiger partial charge in [0.15, 0.2) is 0 Å². The molecule has 0 heterocycles. The van der Waals surface area contributed by atoms with Gasteiger partial charge in [0.05, 0.1) is 0 Å². The van der Waals surface area contributed by atoms with E-state index in [-0.39, 0.29) is 18.9 Å². The van der Waals surface area contributed by atoms with Crippen molar-refractivity contribution in [3.8, 4) is 0 Å². The van der Waals surface area contributed by atoms with Crippen LogP contribution in [0.1, 0.15) is 19.8 Å². The highest BCUT2D eigenvalue weighted by Gasteiger charge is 2.08. The van der Waals surface area contributed by atoms with Crippen LogP contribution < -0.4 is 10.6 Å². The van der Waals surface area contributed by atoms with E-state index in [4.69, 9.17) is 5.11 Å². The number of nitrogens with one attached hydrogen (secondary N) is 2. The highest BCUT2D eigenvalue weighted by atomic mass is 16.3. The van der Waals surface area contributed by atoms with E-state index in [1.165, 1.54) is 7.05 Å². The summed E-state index contributed by atoms with van der Waals surface area (Å²) in [6.45, 7) is 4.34. The number of carbonyl (C=O) groups excluding carboxylic acids is 2. The fourth-order valence-electron chi connectivity index (χ4n) is 1.23. The minimum absolute atomic E-state index is 0.154. The standard InChI is InChI=1S/C10H21N3O3/c1-3-13(6-4-8-14)7-5-9(15)12-10(16)11-2/h14H,3-8H2,1-2H3,(H2,11,12,15,16). The number of imide groups is 1. The number of hydrogen-bond acceptors (Lipinski definition) is 4. The Morgan fingerprint density at radius 1 is 1.31 bits per heavy atom. The molecule has 16 heavy (non-hydrogen) atoms. The lowest BCUT2D eigenvalue weighted by Crippen LogP contribution is -2.39. The summed E-state index contributed by atoms with van der Waals surface area (Å²) in [4.78, 5) is 24.1. The van der Waals surface area contributed by atoms with Crippen LogP contribution in [0.2, 0.25) is 0 Å². The normalized spacial score (nSPS) is 10.2. The van der Waals surface area contributed by atoms with Gasteiger partial charge in [0.1, 0.15) is 0 Å². The van der Waals surface area contributed by atoms with Crippen LogP contribution in [0.5, 0.6) is 0 Å². The highest BCUT2D eigenvalue weighted by Crippen LogP contribution is 1.93. The number of aliphatic hydroxyl groups is 1. The van der Waals surface area contributed by atoms with Crippen molar-refractivity contribution in [3.05, 3.63) is 0 Å². The zero-order chi connectivity index (χ0) is 12.4. The van der Waals surface area contributed by atoms with E-state index in [1.807, 2.05) is 6.92 Å². The van der Waals surface area contributed by atoms with Crippen LogP contribution in [0.25, 0.3) is 0 Å². The fourth-order valence-corrected chi connectivity index (χ4v) is 1.23. The predicted molar refractivity (Wildman–Crippen MR) is 61.0 cm³/mol. The summed E-state index contributed by atoms with van der Waals surface area (Å²) < 4.78 is 0. The van der Waals surface area contributed by atoms with Crippen LogP contribution in [0.3, 0.4) is 0 Å². The summed E-state index contributed by atoms with van der Waals surface area (Å²) in [5, 5.41) is 13.2. The summed E-state index contributed by atoms with van der Waals surface area (Å²) in [5.74, 6) is -0.290. The van der Waals surface area contributed by atoms with Crippen molar-refractivity contribution >= 4 is 11.9 Å². The second-order valence-electron chi connectivity index (χ2n) is 3.39. The zero-order valence-corrected chi connectivity index (χ0v) is 9.95. The van der Waals surface area contributed by atoms with E-state index < -0.39 is 6.03 Å². The molecule has 6 nitrogen and oxygen atoms in total. The van der Waals surface area contributed by atoms with Crippen LogP contribution in [-0.4, -0.2) is 55.2 Å². The Kier molecular flexibility index (Phi) is 8.46. The molecule has 0 bridgehead atoms. The number of urea groups is 1. The molecule has 0 fully saturated rings. The predicted octanol–water partition coefficient (Wildman–Crippen LogP) is -0.464. The van der Waals surface area contributed by atoms with E-state index in [1.54, 1.807) is 0 Å². The SMILES string of the molecule is CCN(CCCO)CCC(=O)NC(=O)NC. The maximum atomic E-state index is 11.3. The van der Waals surface area contributed by atoms with Gasteiger partial charge in [-0.1, -0.05) is 6.92 Å². The van der Waals surface area contributed by atoms with Crippen LogP contribution in [0.15, 0.2) is 0 Å². The lowest BCUT2D eigenvalue weighted by atomic mass is 10.3. The van der Waals surface area contributed by atoms with Crippen LogP contribution in [0, 0.1) is 0 Å². The Balaban J connectivity index is 3.74. The maximum Gasteiger partial charge on any atom is 0.321 e. The van der Waals surface area contributed by atoms with Crippen LogP contribution in [0.4, 0.5) is 4.79 Å². The van der Waals surface area contributed by atoms with Gasteiger partial charge in [-0.15, -0.1) is 0 Å². The van der Waals surface area contributed by atoms with Gasteiger partial charge in [-0.05, 0) is 13.0 Å². The summed E-state index contributed by atoms with van der Waals surface area (Å²) in [6.07, 6.45) is 0.984.